The van der Waals surface area contributed by atoms with E-state index >= 15 is 0 Å². The number of ether oxygens (including phenoxy) is 1. The lowest BCUT2D eigenvalue weighted by molar-refractivity contribution is -0.116. The molecule has 8 nitrogen and oxygen atoms in total. The first-order valence-corrected chi connectivity index (χ1v) is 10.7. The van der Waals surface area contributed by atoms with Crippen LogP contribution in [0.25, 0.3) is 0 Å². The molecule has 0 aliphatic heterocycles. The maximum atomic E-state index is 13.2. The van der Waals surface area contributed by atoms with Gasteiger partial charge in [0.2, 0.25) is 5.91 Å². The average molecular weight is 475 g/mol. The average Bonchev–Trinajstić information content (AvgIpc) is 3.34. The summed E-state index contributed by atoms with van der Waals surface area (Å²) >= 11 is 6.91. The summed E-state index contributed by atoms with van der Waals surface area (Å²) in [5.41, 5.74) is 5.51. The SMILES string of the molecule is Cc1c(C(N)=O)sc(NC(=O)Cn2nc(C(F)F)c(Cl)c2C2CC2)c1C(=O)OC(C)C. The Hall–Kier alpha value is -2.53. The third kappa shape index (κ3) is 4.87. The monoisotopic (exact) mass is 474 g/mol. The van der Waals surface area contributed by atoms with E-state index in [1.165, 1.54) is 11.6 Å². The van der Waals surface area contributed by atoms with Gasteiger partial charge >= 0.3 is 5.97 Å². The van der Waals surface area contributed by atoms with Gasteiger partial charge < -0.3 is 15.8 Å². The Kier molecular flexibility index (Phi) is 6.65. The van der Waals surface area contributed by atoms with Gasteiger partial charge in [-0.2, -0.15) is 5.10 Å². The maximum Gasteiger partial charge on any atom is 0.341 e. The van der Waals surface area contributed by atoms with Gasteiger partial charge in [-0.25, -0.2) is 13.6 Å². The van der Waals surface area contributed by atoms with E-state index in [2.05, 4.69) is 10.4 Å². The van der Waals surface area contributed by atoms with Gasteiger partial charge in [-0.3, -0.25) is 14.3 Å². The molecular weight excluding hydrogens is 454 g/mol. The van der Waals surface area contributed by atoms with Gasteiger partial charge in [0.1, 0.15) is 17.2 Å². The largest absolute Gasteiger partial charge is 0.459 e. The smallest absolute Gasteiger partial charge is 0.341 e. The van der Waals surface area contributed by atoms with Crippen molar-refractivity contribution in [3.63, 3.8) is 0 Å². The standard InChI is InChI=1S/C19H21ClF2N4O4S/c1-7(2)30-19(29)11-8(3)15(17(23)28)31-18(11)24-10(27)6-26-14(9-4-5-9)12(20)13(25-26)16(21)22/h7,9,16H,4-6H2,1-3H3,(H2,23,28)(H,24,27). The van der Waals surface area contributed by atoms with Gasteiger partial charge in [-0.1, -0.05) is 11.6 Å². The van der Waals surface area contributed by atoms with Crippen molar-refractivity contribution >= 4 is 45.7 Å². The van der Waals surface area contributed by atoms with Crippen LogP contribution >= 0.6 is 22.9 Å². The van der Waals surface area contributed by atoms with E-state index in [1.54, 1.807) is 13.8 Å². The molecule has 3 N–H and O–H groups in total. The highest BCUT2D eigenvalue weighted by molar-refractivity contribution is 7.18. The predicted octanol–water partition coefficient (Wildman–Crippen LogP) is 4.02. The molecule has 0 spiro atoms. The lowest BCUT2D eigenvalue weighted by Gasteiger charge is -2.11. The van der Waals surface area contributed by atoms with Crippen LogP contribution in [-0.2, 0) is 16.1 Å². The number of nitrogens with zero attached hydrogens (tertiary/aromatic N) is 2. The number of alkyl halides is 2. The zero-order valence-corrected chi connectivity index (χ0v) is 18.6. The number of anilines is 1. The van der Waals surface area contributed by atoms with Crippen molar-refractivity contribution in [2.45, 2.75) is 58.6 Å². The Morgan fingerprint density at radius 2 is 2.00 bits per heavy atom. The third-order valence-corrected chi connectivity index (χ3v) is 6.20. The molecule has 0 aromatic carbocycles. The molecule has 2 aromatic rings. The Balaban J connectivity index is 1.89. The molecule has 2 aromatic heterocycles. The second-order valence-corrected chi connectivity index (χ2v) is 8.84. The molecule has 0 radical (unpaired) electrons. The highest BCUT2D eigenvalue weighted by Crippen LogP contribution is 2.45. The van der Waals surface area contributed by atoms with Gasteiger partial charge in [-0.15, -0.1) is 11.3 Å². The van der Waals surface area contributed by atoms with E-state index in [4.69, 9.17) is 22.1 Å². The molecule has 2 heterocycles. The second-order valence-electron chi connectivity index (χ2n) is 7.44. The second kappa shape index (κ2) is 8.91. The van der Waals surface area contributed by atoms with Crippen molar-refractivity contribution < 1.29 is 27.9 Å². The molecule has 1 aliphatic carbocycles. The normalized spacial score (nSPS) is 13.7. The maximum absolute atomic E-state index is 13.2. The summed E-state index contributed by atoms with van der Waals surface area (Å²) < 4.78 is 32.8. The number of hydrogen-bond acceptors (Lipinski definition) is 6. The van der Waals surface area contributed by atoms with E-state index in [9.17, 15) is 23.2 Å². The highest BCUT2D eigenvalue weighted by Gasteiger charge is 2.34. The topological polar surface area (TPSA) is 116 Å². The first kappa shape index (κ1) is 23.1. The third-order valence-electron chi connectivity index (χ3n) is 4.59. The molecule has 0 bridgehead atoms. The summed E-state index contributed by atoms with van der Waals surface area (Å²) in [7, 11) is 0. The van der Waals surface area contributed by atoms with Crippen molar-refractivity contribution in [2.75, 3.05) is 5.32 Å². The molecule has 31 heavy (non-hydrogen) atoms. The first-order valence-electron chi connectivity index (χ1n) is 9.49. The van der Waals surface area contributed by atoms with Crippen molar-refractivity contribution in [2.24, 2.45) is 5.73 Å². The van der Waals surface area contributed by atoms with Crippen LogP contribution in [0.1, 0.15) is 76.0 Å². The van der Waals surface area contributed by atoms with E-state index in [1.807, 2.05) is 0 Å². The minimum atomic E-state index is -2.87. The van der Waals surface area contributed by atoms with Gasteiger partial charge in [-0.05, 0) is 39.2 Å². The molecule has 1 aliphatic rings. The van der Waals surface area contributed by atoms with E-state index in [0.29, 0.717) is 11.3 Å². The van der Waals surface area contributed by atoms with Crippen LogP contribution in [0.5, 0.6) is 0 Å². The zero-order chi connectivity index (χ0) is 23.0. The number of carbonyl (C=O) groups excluding carboxylic acids is 3. The quantitative estimate of drug-likeness (QED) is 0.560. The van der Waals surface area contributed by atoms with E-state index < -0.39 is 36.0 Å². The molecular formula is C19H21ClF2N4O4S. The number of halogens is 3. The van der Waals surface area contributed by atoms with Gasteiger partial charge in [0.15, 0.2) is 0 Å². The number of aromatic nitrogens is 2. The Bertz CT molecular complexity index is 1050. The Morgan fingerprint density at radius 3 is 2.52 bits per heavy atom. The van der Waals surface area contributed by atoms with Crippen LogP contribution in [-0.4, -0.2) is 33.7 Å². The highest BCUT2D eigenvalue weighted by atomic mass is 35.5. The molecule has 0 atom stereocenters. The first-order chi connectivity index (χ1) is 14.5. The van der Waals surface area contributed by atoms with Crippen molar-refractivity contribution in [1.82, 2.24) is 9.78 Å². The van der Waals surface area contributed by atoms with E-state index in [0.717, 1.165) is 24.2 Å². The number of nitrogens with two attached hydrogens (primary N) is 1. The number of hydrogen-bond donors (Lipinski definition) is 2. The summed E-state index contributed by atoms with van der Waals surface area (Å²) in [5, 5.41) is 6.32. The van der Waals surface area contributed by atoms with Crippen LogP contribution in [0, 0.1) is 6.92 Å². The fraction of sp³-hybridized carbons (Fsp3) is 0.474. The van der Waals surface area contributed by atoms with Crippen molar-refractivity contribution in [1.29, 1.82) is 0 Å². The lowest BCUT2D eigenvalue weighted by atomic mass is 10.1. The molecule has 168 valence electrons. The number of thiophene rings is 1. The fourth-order valence-electron chi connectivity index (χ4n) is 3.14. The molecule has 1 fully saturated rings. The molecule has 2 amide bonds. The van der Waals surface area contributed by atoms with E-state index in [-0.39, 0.29) is 32.9 Å². The lowest BCUT2D eigenvalue weighted by Crippen LogP contribution is -2.22. The van der Waals surface area contributed by atoms with Crippen LogP contribution in [0.2, 0.25) is 5.02 Å². The van der Waals surface area contributed by atoms with Crippen LogP contribution < -0.4 is 11.1 Å². The Morgan fingerprint density at radius 1 is 1.35 bits per heavy atom. The fourth-order valence-corrected chi connectivity index (χ4v) is 4.57. The molecule has 3 rings (SSSR count). The van der Waals surface area contributed by atoms with Gasteiger partial charge in [0.05, 0.1) is 27.3 Å². The number of amides is 2. The van der Waals surface area contributed by atoms with Crippen molar-refractivity contribution in [3.05, 3.63) is 32.4 Å². The van der Waals surface area contributed by atoms with Crippen LogP contribution in [0.15, 0.2) is 0 Å². The summed E-state index contributed by atoms with van der Waals surface area (Å²) in [5.74, 6) is -2.12. The van der Waals surface area contributed by atoms with Gasteiger partial charge in [0, 0.05) is 5.92 Å². The predicted molar refractivity (Wildman–Crippen MR) is 111 cm³/mol. The molecule has 0 saturated heterocycles. The number of carbonyl (C=O) groups is 3. The minimum Gasteiger partial charge on any atom is -0.459 e. The zero-order valence-electron chi connectivity index (χ0n) is 17.0. The summed E-state index contributed by atoms with van der Waals surface area (Å²) in [6.45, 7) is 4.46. The van der Waals surface area contributed by atoms with Gasteiger partial charge in [0.25, 0.3) is 12.3 Å². The summed E-state index contributed by atoms with van der Waals surface area (Å²) in [6, 6.07) is 0. The summed E-state index contributed by atoms with van der Waals surface area (Å²) in [6.07, 6.45) is -1.75. The van der Waals surface area contributed by atoms with Crippen molar-refractivity contribution in [3.8, 4) is 0 Å². The Labute approximate surface area is 185 Å². The number of nitrogens with one attached hydrogen (secondary N) is 1. The number of esters is 1. The van der Waals surface area contributed by atoms with Crippen LogP contribution in [0.4, 0.5) is 13.8 Å². The molecule has 1 saturated carbocycles. The van der Waals surface area contributed by atoms with Crippen LogP contribution in [0.3, 0.4) is 0 Å². The minimum absolute atomic E-state index is 0.0232. The molecule has 0 unspecified atom stereocenters. The number of primary amides is 1. The number of rotatable bonds is 8. The summed E-state index contributed by atoms with van der Waals surface area (Å²) in [4.78, 5) is 37.0. The molecule has 12 heteroatoms.